The van der Waals surface area contributed by atoms with Gasteiger partial charge >= 0.3 is 0 Å². The first-order chi connectivity index (χ1) is 12.8. The highest BCUT2D eigenvalue weighted by Crippen LogP contribution is 2.40. The molecule has 2 heterocycles. The van der Waals surface area contributed by atoms with E-state index in [1.54, 1.807) is 0 Å². The van der Waals surface area contributed by atoms with E-state index in [-0.39, 0.29) is 0 Å². The molecule has 4 heteroatoms. The van der Waals surface area contributed by atoms with Crippen LogP contribution in [0.1, 0.15) is 49.7 Å². The minimum Gasteiger partial charge on any atom is -0.376 e. The maximum absolute atomic E-state index is 6.05. The summed E-state index contributed by atoms with van der Waals surface area (Å²) in [7, 11) is 0. The Morgan fingerprint density at radius 2 is 1.19 bits per heavy atom. The summed E-state index contributed by atoms with van der Waals surface area (Å²) in [6.45, 7) is 3.08. The number of benzene rings is 1. The summed E-state index contributed by atoms with van der Waals surface area (Å²) in [5.74, 6) is 1.34. The van der Waals surface area contributed by atoms with Crippen LogP contribution in [0, 0.1) is 11.8 Å². The van der Waals surface area contributed by atoms with E-state index in [9.17, 15) is 0 Å². The van der Waals surface area contributed by atoms with E-state index in [0.717, 1.165) is 13.2 Å². The summed E-state index contributed by atoms with van der Waals surface area (Å²) < 4.78 is 23.3. The van der Waals surface area contributed by atoms with Gasteiger partial charge in [-0.1, -0.05) is 24.3 Å². The third kappa shape index (κ3) is 4.14. The van der Waals surface area contributed by atoms with E-state index in [1.807, 2.05) is 0 Å². The first-order valence-corrected chi connectivity index (χ1v) is 10.4. The Morgan fingerprint density at radius 1 is 0.692 bits per heavy atom. The summed E-state index contributed by atoms with van der Waals surface area (Å²) in [4.78, 5) is 0. The van der Waals surface area contributed by atoms with E-state index < -0.39 is 0 Å². The van der Waals surface area contributed by atoms with Crippen LogP contribution in [0.3, 0.4) is 0 Å². The molecule has 4 aliphatic rings. The zero-order valence-corrected chi connectivity index (χ0v) is 15.5. The fourth-order valence-corrected chi connectivity index (χ4v) is 4.79. The molecule has 5 rings (SSSR count). The molecule has 0 amide bonds. The van der Waals surface area contributed by atoms with Crippen molar-refractivity contribution in [3.63, 3.8) is 0 Å². The van der Waals surface area contributed by atoms with Crippen LogP contribution in [-0.4, -0.2) is 37.6 Å². The normalized spacial score (nSPS) is 37.7. The zero-order chi connectivity index (χ0) is 17.3. The van der Waals surface area contributed by atoms with Gasteiger partial charge in [0.2, 0.25) is 0 Å². The number of rotatable bonds is 8. The van der Waals surface area contributed by atoms with Crippen molar-refractivity contribution in [3.05, 3.63) is 35.4 Å². The molecular weight excluding hydrogens is 328 g/mol. The van der Waals surface area contributed by atoms with Crippen molar-refractivity contribution in [3.8, 4) is 0 Å². The second-order valence-corrected chi connectivity index (χ2v) is 8.58. The van der Waals surface area contributed by atoms with Gasteiger partial charge in [-0.25, -0.2) is 0 Å². The summed E-state index contributed by atoms with van der Waals surface area (Å²) in [5.41, 5.74) is 2.52. The second kappa shape index (κ2) is 7.59. The highest BCUT2D eigenvalue weighted by atomic mass is 16.6. The van der Waals surface area contributed by atoms with Crippen LogP contribution in [0.25, 0.3) is 0 Å². The first kappa shape index (κ1) is 17.2. The van der Waals surface area contributed by atoms with Gasteiger partial charge in [-0.2, -0.15) is 0 Å². The molecule has 1 aromatic rings. The highest BCUT2D eigenvalue weighted by molar-refractivity contribution is 5.25. The van der Waals surface area contributed by atoms with Crippen molar-refractivity contribution in [1.29, 1.82) is 0 Å². The summed E-state index contributed by atoms with van der Waals surface area (Å²) in [6.07, 6.45) is 9.52. The van der Waals surface area contributed by atoms with E-state index in [0.29, 0.717) is 49.5 Å². The Hall–Kier alpha value is -0.940. The smallest absolute Gasteiger partial charge is 0.0845 e. The van der Waals surface area contributed by atoms with Gasteiger partial charge in [0.25, 0.3) is 0 Å². The molecule has 2 aliphatic heterocycles. The molecule has 0 N–H and O–H groups in total. The van der Waals surface area contributed by atoms with E-state index in [4.69, 9.17) is 18.9 Å². The van der Waals surface area contributed by atoms with Crippen molar-refractivity contribution in [2.24, 2.45) is 11.8 Å². The Morgan fingerprint density at radius 3 is 1.65 bits per heavy atom. The molecule has 6 unspecified atom stereocenters. The van der Waals surface area contributed by atoms with Gasteiger partial charge < -0.3 is 18.9 Å². The summed E-state index contributed by atoms with van der Waals surface area (Å²) in [5, 5.41) is 0. The molecule has 142 valence electrons. The molecule has 0 radical (unpaired) electrons. The van der Waals surface area contributed by atoms with Gasteiger partial charge in [-0.3, -0.25) is 0 Å². The molecule has 1 aromatic carbocycles. The number of ether oxygens (including phenoxy) is 4. The van der Waals surface area contributed by atoms with Crippen LogP contribution < -0.4 is 0 Å². The Bertz CT molecular complexity index is 565. The molecular formula is C22H30O4. The maximum Gasteiger partial charge on any atom is 0.0845 e. The minimum atomic E-state index is 0.536. The molecule has 0 aromatic heterocycles. The van der Waals surface area contributed by atoms with Crippen molar-refractivity contribution < 1.29 is 18.9 Å². The Kier molecular flexibility index (Phi) is 5.01. The third-order valence-electron chi connectivity index (χ3n) is 6.57. The molecule has 2 saturated carbocycles. The molecule has 26 heavy (non-hydrogen) atoms. The monoisotopic (exact) mass is 358 g/mol. The quantitative estimate of drug-likeness (QED) is 0.662. The fraction of sp³-hybridized carbons (Fsp3) is 0.727. The lowest BCUT2D eigenvalue weighted by Crippen LogP contribution is -2.19. The molecule has 2 saturated heterocycles. The molecule has 0 spiro atoms. The van der Waals surface area contributed by atoms with Gasteiger partial charge in [0.15, 0.2) is 0 Å². The van der Waals surface area contributed by atoms with Crippen LogP contribution >= 0.6 is 0 Å². The Balaban J connectivity index is 1.06. The van der Waals surface area contributed by atoms with Crippen LogP contribution in [0.4, 0.5) is 0 Å². The molecule has 0 bridgehead atoms. The van der Waals surface area contributed by atoms with Gasteiger partial charge in [0.05, 0.1) is 37.6 Å². The van der Waals surface area contributed by atoms with Crippen molar-refractivity contribution >= 4 is 0 Å². The lowest BCUT2D eigenvalue weighted by Gasteiger charge is -2.20. The lowest BCUT2D eigenvalue weighted by molar-refractivity contribution is 0.0658. The van der Waals surface area contributed by atoms with Crippen LogP contribution in [0.5, 0.6) is 0 Å². The number of hydrogen-bond donors (Lipinski definition) is 0. The predicted molar refractivity (Wildman–Crippen MR) is 97.8 cm³/mol. The molecule has 6 atom stereocenters. The SMILES string of the molecule is c1ccc(COCC2CCC3OC3C2)c(COCC2CCC3OC3C2)c1. The van der Waals surface area contributed by atoms with Gasteiger partial charge in [0, 0.05) is 13.2 Å². The highest BCUT2D eigenvalue weighted by Gasteiger charge is 2.44. The summed E-state index contributed by atoms with van der Waals surface area (Å²) in [6, 6.07) is 8.53. The molecule has 4 nitrogen and oxygen atoms in total. The lowest BCUT2D eigenvalue weighted by atomic mass is 9.90. The summed E-state index contributed by atoms with van der Waals surface area (Å²) >= 11 is 0. The average molecular weight is 358 g/mol. The standard InChI is InChI=1S/C22H30O4/c1-2-4-18(14-24-12-16-6-8-20-22(10-16)26-20)17(3-1)13-23-11-15-5-7-19-21(9-15)25-19/h1-4,15-16,19-22H,5-14H2. The minimum absolute atomic E-state index is 0.536. The number of fused-ring (bicyclic) bond motifs is 2. The molecule has 4 fully saturated rings. The van der Waals surface area contributed by atoms with E-state index in [1.165, 1.54) is 49.7 Å². The second-order valence-electron chi connectivity index (χ2n) is 8.58. The molecule has 2 aliphatic carbocycles. The van der Waals surface area contributed by atoms with Gasteiger partial charge in [0.1, 0.15) is 0 Å². The van der Waals surface area contributed by atoms with Crippen molar-refractivity contribution in [2.45, 2.75) is 76.2 Å². The van der Waals surface area contributed by atoms with Gasteiger partial charge in [-0.05, 0) is 61.5 Å². The largest absolute Gasteiger partial charge is 0.376 e. The topological polar surface area (TPSA) is 43.5 Å². The van der Waals surface area contributed by atoms with Gasteiger partial charge in [-0.15, -0.1) is 0 Å². The Labute approximate surface area is 156 Å². The van der Waals surface area contributed by atoms with E-state index >= 15 is 0 Å². The number of epoxide rings is 2. The van der Waals surface area contributed by atoms with Crippen molar-refractivity contribution in [1.82, 2.24) is 0 Å². The van der Waals surface area contributed by atoms with Crippen LogP contribution in [0.2, 0.25) is 0 Å². The van der Waals surface area contributed by atoms with Crippen LogP contribution in [0.15, 0.2) is 24.3 Å². The predicted octanol–water partition coefficient (Wildman–Crippen LogP) is 3.85. The maximum atomic E-state index is 6.05. The van der Waals surface area contributed by atoms with E-state index in [2.05, 4.69) is 24.3 Å². The number of hydrogen-bond acceptors (Lipinski definition) is 4. The zero-order valence-electron chi connectivity index (χ0n) is 15.5. The van der Waals surface area contributed by atoms with Crippen LogP contribution in [-0.2, 0) is 32.2 Å². The third-order valence-corrected chi connectivity index (χ3v) is 6.57. The van der Waals surface area contributed by atoms with Crippen molar-refractivity contribution in [2.75, 3.05) is 13.2 Å². The first-order valence-electron chi connectivity index (χ1n) is 10.4. The average Bonchev–Trinajstić information content (AvgIpc) is 3.57. The fourth-order valence-electron chi connectivity index (χ4n) is 4.79.